The van der Waals surface area contributed by atoms with Crippen LogP contribution in [0.3, 0.4) is 0 Å². The molecule has 2 saturated heterocycles. The fourth-order valence-electron chi connectivity index (χ4n) is 3.89. The van der Waals surface area contributed by atoms with Crippen molar-refractivity contribution in [2.75, 3.05) is 31.5 Å². The number of hydrogen-bond donors (Lipinski definition) is 1. The van der Waals surface area contributed by atoms with Crippen LogP contribution in [-0.2, 0) is 9.59 Å². The monoisotopic (exact) mass is 375 g/mol. The molecule has 1 N–H and O–H groups in total. The van der Waals surface area contributed by atoms with Crippen molar-refractivity contribution in [3.8, 4) is 0 Å². The van der Waals surface area contributed by atoms with Gasteiger partial charge in [0.05, 0.1) is 18.3 Å². The first kappa shape index (κ1) is 19.9. The van der Waals surface area contributed by atoms with Crippen molar-refractivity contribution in [3.05, 3.63) is 12.3 Å². The molecule has 2 aliphatic heterocycles. The van der Waals surface area contributed by atoms with E-state index in [-0.39, 0.29) is 23.9 Å². The number of carbonyl (C=O) groups is 2. The second kappa shape index (κ2) is 8.00. The van der Waals surface area contributed by atoms with Gasteiger partial charge in [-0.05, 0) is 45.7 Å². The maximum Gasteiger partial charge on any atom is 0.239 e. The second-order valence-electron chi connectivity index (χ2n) is 8.84. The molecule has 3 rings (SSSR count). The molecule has 2 aliphatic rings. The fourth-order valence-corrected chi connectivity index (χ4v) is 3.89. The number of aromatic nitrogens is 2. The molecule has 0 bridgehead atoms. The normalized spacial score (nSPS) is 20.7. The molecule has 0 aliphatic carbocycles. The highest BCUT2D eigenvalue weighted by Gasteiger charge is 2.31. The van der Waals surface area contributed by atoms with Crippen LogP contribution >= 0.6 is 0 Å². The van der Waals surface area contributed by atoms with Crippen molar-refractivity contribution in [1.82, 2.24) is 19.6 Å². The standard InChI is InChI=1S/C20H33N5O2/c1-15(23-11-5-6-12-23)18(26)24-13-8-16(9-14-24)25-17(7-10-21-25)22-19(27)20(2,3)4/h7,10,15-16H,5-6,8-9,11-14H2,1-4H3,(H,22,27). The van der Waals surface area contributed by atoms with Gasteiger partial charge in [-0.15, -0.1) is 0 Å². The van der Waals surface area contributed by atoms with Gasteiger partial charge >= 0.3 is 0 Å². The molecule has 1 aromatic heterocycles. The van der Waals surface area contributed by atoms with Crippen LogP contribution in [0.25, 0.3) is 0 Å². The molecule has 2 fully saturated rings. The zero-order chi connectivity index (χ0) is 19.6. The summed E-state index contributed by atoms with van der Waals surface area (Å²) in [7, 11) is 0. The average Bonchev–Trinajstić information content (AvgIpc) is 3.32. The van der Waals surface area contributed by atoms with Crippen LogP contribution in [-0.4, -0.2) is 63.6 Å². The molecule has 2 amide bonds. The van der Waals surface area contributed by atoms with Crippen LogP contribution in [0.2, 0.25) is 0 Å². The van der Waals surface area contributed by atoms with Crippen LogP contribution in [0.4, 0.5) is 5.82 Å². The Morgan fingerprint density at radius 3 is 2.37 bits per heavy atom. The smallest absolute Gasteiger partial charge is 0.239 e. The Morgan fingerprint density at radius 1 is 1.15 bits per heavy atom. The first-order chi connectivity index (χ1) is 12.8. The van der Waals surface area contributed by atoms with Crippen molar-refractivity contribution >= 4 is 17.6 Å². The van der Waals surface area contributed by atoms with E-state index in [2.05, 4.69) is 15.3 Å². The lowest BCUT2D eigenvalue weighted by Gasteiger charge is -2.36. The van der Waals surface area contributed by atoms with Crippen LogP contribution in [0.5, 0.6) is 0 Å². The number of anilines is 1. The Bertz CT molecular complexity index is 664. The van der Waals surface area contributed by atoms with Crippen molar-refractivity contribution < 1.29 is 9.59 Å². The van der Waals surface area contributed by atoms with E-state index < -0.39 is 5.41 Å². The number of likely N-dealkylation sites (tertiary alicyclic amines) is 2. The third kappa shape index (κ3) is 4.51. The molecule has 1 aromatic rings. The minimum Gasteiger partial charge on any atom is -0.341 e. The Balaban J connectivity index is 1.57. The number of carbonyl (C=O) groups excluding carboxylic acids is 2. The summed E-state index contributed by atoms with van der Waals surface area (Å²) in [5.74, 6) is 0.971. The highest BCUT2D eigenvalue weighted by molar-refractivity contribution is 5.93. The SMILES string of the molecule is CC(C(=O)N1CCC(n2nccc2NC(=O)C(C)(C)C)CC1)N1CCCC1. The molecule has 0 saturated carbocycles. The first-order valence-electron chi connectivity index (χ1n) is 10.1. The van der Waals surface area contributed by atoms with Gasteiger partial charge in [-0.3, -0.25) is 14.5 Å². The van der Waals surface area contributed by atoms with Crippen molar-refractivity contribution in [2.24, 2.45) is 5.41 Å². The van der Waals surface area contributed by atoms with Crippen LogP contribution in [0.1, 0.15) is 59.4 Å². The Morgan fingerprint density at radius 2 is 1.78 bits per heavy atom. The van der Waals surface area contributed by atoms with Gasteiger partial charge in [0, 0.05) is 24.6 Å². The highest BCUT2D eigenvalue weighted by Crippen LogP contribution is 2.27. The second-order valence-corrected chi connectivity index (χ2v) is 8.84. The first-order valence-corrected chi connectivity index (χ1v) is 10.1. The lowest BCUT2D eigenvalue weighted by atomic mass is 9.96. The molecule has 0 aromatic carbocycles. The lowest BCUT2D eigenvalue weighted by Crippen LogP contribution is -2.49. The Hall–Kier alpha value is -1.89. The lowest BCUT2D eigenvalue weighted by molar-refractivity contribution is -0.137. The number of nitrogens with one attached hydrogen (secondary N) is 1. The maximum atomic E-state index is 12.8. The molecule has 150 valence electrons. The third-order valence-corrected chi connectivity index (χ3v) is 5.76. The largest absolute Gasteiger partial charge is 0.341 e. The average molecular weight is 376 g/mol. The van der Waals surface area contributed by atoms with Gasteiger partial charge < -0.3 is 10.2 Å². The molecule has 0 spiro atoms. The Labute approximate surface area is 162 Å². The van der Waals surface area contributed by atoms with E-state index in [1.807, 2.05) is 43.3 Å². The number of amides is 2. The zero-order valence-electron chi connectivity index (χ0n) is 17.1. The van der Waals surface area contributed by atoms with Gasteiger partial charge in [0.15, 0.2) is 0 Å². The van der Waals surface area contributed by atoms with E-state index in [1.165, 1.54) is 12.8 Å². The number of rotatable bonds is 4. The fraction of sp³-hybridized carbons (Fsp3) is 0.750. The molecule has 7 heteroatoms. The van der Waals surface area contributed by atoms with Gasteiger partial charge in [-0.2, -0.15) is 5.10 Å². The molecule has 27 heavy (non-hydrogen) atoms. The summed E-state index contributed by atoms with van der Waals surface area (Å²) in [4.78, 5) is 29.4. The van der Waals surface area contributed by atoms with Gasteiger partial charge in [-0.25, -0.2) is 4.68 Å². The summed E-state index contributed by atoms with van der Waals surface area (Å²) >= 11 is 0. The molecule has 1 unspecified atom stereocenters. The minimum absolute atomic E-state index is 0.0173. The molecule has 3 heterocycles. The van der Waals surface area contributed by atoms with E-state index in [1.54, 1.807) is 6.20 Å². The number of nitrogens with zero attached hydrogens (tertiary/aromatic N) is 4. The molecular formula is C20H33N5O2. The topological polar surface area (TPSA) is 70.5 Å². The third-order valence-electron chi connectivity index (χ3n) is 5.76. The van der Waals surface area contributed by atoms with E-state index >= 15 is 0 Å². The van der Waals surface area contributed by atoms with Gasteiger partial charge in [0.2, 0.25) is 11.8 Å². The number of piperidine rings is 1. The Kier molecular flexibility index (Phi) is 5.89. The van der Waals surface area contributed by atoms with Gasteiger partial charge in [0.1, 0.15) is 5.82 Å². The summed E-state index contributed by atoms with van der Waals surface area (Å²) in [6.07, 6.45) is 5.84. The summed E-state index contributed by atoms with van der Waals surface area (Å²) in [5, 5.41) is 7.42. The summed E-state index contributed by atoms with van der Waals surface area (Å²) in [6.45, 7) is 11.3. The quantitative estimate of drug-likeness (QED) is 0.878. The van der Waals surface area contributed by atoms with Crippen molar-refractivity contribution in [1.29, 1.82) is 0 Å². The van der Waals surface area contributed by atoms with E-state index in [0.717, 1.165) is 44.8 Å². The molecule has 0 radical (unpaired) electrons. The van der Waals surface area contributed by atoms with Crippen LogP contribution < -0.4 is 5.32 Å². The van der Waals surface area contributed by atoms with Gasteiger partial charge in [-0.1, -0.05) is 20.8 Å². The van der Waals surface area contributed by atoms with Crippen molar-refractivity contribution in [3.63, 3.8) is 0 Å². The summed E-state index contributed by atoms with van der Waals surface area (Å²) in [5.41, 5.74) is -0.448. The predicted octanol–water partition coefficient (Wildman–Crippen LogP) is 2.52. The maximum absolute atomic E-state index is 12.8. The highest BCUT2D eigenvalue weighted by atomic mass is 16.2. The van der Waals surface area contributed by atoms with Crippen molar-refractivity contribution in [2.45, 2.75) is 65.5 Å². The molecule has 7 nitrogen and oxygen atoms in total. The number of hydrogen-bond acceptors (Lipinski definition) is 4. The zero-order valence-corrected chi connectivity index (χ0v) is 17.1. The minimum atomic E-state index is -0.448. The summed E-state index contributed by atoms with van der Waals surface area (Å²) in [6, 6.07) is 2.04. The van der Waals surface area contributed by atoms with Crippen LogP contribution in [0.15, 0.2) is 12.3 Å². The summed E-state index contributed by atoms with van der Waals surface area (Å²) < 4.78 is 1.91. The van der Waals surface area contributed by atoms with E-state index in [4.69, 9.17) is 0 Å². The predicted molar refractivity (Wildman–Crippen MR) is 105 cm³/mol. The van der Waals surface area contributed by atoms with E-state index in [0.29, 0.717) is 0 Å². The van der Waals surface area contributed by atoms with Crippen LogP contribution in [0, 0.1) is 5.41 Å². The van der Waals surface area contributed by atoms with Gasteiger partial charge in [0.25, 0.3) is 0 Å². The molecule has 1 atom stereocenters. The molecular weight excluding hydrogens is 342 g/mol. The van der Waals surface area contributed by atoms with E-state index in [9.17, 15) is 9.59 Å².